The highest BCUT2D eigenvalue weighted by molar-refractivity contribution is 5.88. The molecule has 1 rings (SSSR count). The van der Waals surface area contributed by atoms with Crippen molar-refractivity contribution in [2.24, 2.45) is 7.05 Å². The second-order valence-electron chi connectivity index (χ2n) is 4.47. The molecule has 1 heterocycles. The number of halogens is 1. The smallest absolute Gasteiger partial charge is 0.244 e. The van der Waals surface area contributed by atoms with Gasteiger partial charge in [0, 0.05) is 31.9 Å². The highest BCUT2D eigenvalue weighted by Crippen LogP contribution is 2.14. The van der Waals surface area contributed by atoms with Crippen LogP contribution in [0.3, 0.4) is 0 Å². The Morgan fingerprint density at radius 3 is 2.52 bits per heavy atom. The van der Waals surface area contributed by atoms with Gasteiger partial charge < -0.3 is 15.5 Å². The van der Waals surface area contributed by atoms with E-state index in [1.54, 1.807) is 31.2 Å². The van der Waals surface area contributed by atoms with Crippen LogP contribution in [0.4, 0.5) is 0 Å². The van der Waals surface area contributed by atoms with E-state index in [0.717, 1.165) is 5.56 Å². The fraction of sp³-hybridized carbons (Fsp3) is 0.615. The summed E-state index contributed by atoms with van der Waals surface area (Å²) >= 11 is 0. The number of carbonyl (C=O) groups excluding carboxylic acids is 2. The zero-order valence-corrected chi connectivity index (χ0v) is 13.7. The van der Waals surface area contributed by atoms with E-state index in [9.17, 15) is 9.59 Å². The molecule has 0 aliphatic rings. The van der Waals surface area contributed by atoms with Crippen molar-refractivity contribution >= 4 is 24.2 Å². The van der Waals surface area contributed by atoms with Gasteiger partial charge in [-0.15, -0.1) is 12.4 Å². The summed E-state index contributed by atoms with van der Waals surface area (Å²) in [4.78, 5) is 25.7. The summed E-state index contributed by atoms with van der Waals surface area (Å²) < 4.78 is 1.65. The lowest BCUT2D eigenvalue weighted by atomic mass is 10.1. The molecule has 1 atom stereocenters. The molecule has 0 aliphatic carbocycles. The summed E-state index contributed by atoms with van der Waals surface area (Å²) in [7, 11) is 3.52. The molecule has 1 aromatic rings. The maximum Gasteiger partial charge on any atom is 0.244 e. The quantitative estimate of drug-likeness (QED) is 0.747. The molecule has 0 spiro atoms. The van der Waals surface area contributed by atoms with Gasteiger partial charge in [0.15, 0.2) is 0 Å². The molecule has 0 saturated heterocycles. The Kier molecular flexibility index (Phi) is 8.64. The van der Waals surface area contributed by atoms with Crippen LogP contribution in [-0.2, 0) is 16.6 Å². The van der Waals surface area contributed by atoms with Gasteiger partial charge in [-0.3, -0.25) is 14.3 Å². The van der Waals surface area contributed by atoms with E-state index in [1.807, 2.05) is 13.8 Å². The molecule has 0 bridgehead atoms. The van der Waals surface area contributed by atoms with Gasteiger partial charge >= 0.3 is 0 Å². The molecule has 1 unspecified atom stereocenters. The second kappa shape index (κ2) is 9.36. The topological polar surface area (TPSA) is 79.3 Å². The van der Waals surface area contributed by atoms with Crippen molar-refractivity contribution < 1.29 is 9.59 Å². The minimum Gasteiger partial charge on any atom is -0.355 e. The fourth-order valence-electron chi connectivity index (χ4n) is 1.98. The van der Waals surface area contributed by atoms with E-state index < -0.39 is 6.04 Å². The number of nitrogens with one attached hydrogen (secondary N) is 2. The molecule has 2 N–H and O–H groups in total. The van der Waals surface area contributed by atoms with Gasteiger partial charge in [0.05, 0.1) is 12.7 Å². The zero-order valence-electron chi connectivity index (χ0n) is 12.9. The Balaban J connectivity index is 0.00000400. The van der Waals surface area contributed by atoms with Crippen LogP contribution in [0.15, 0.2) is 12.4 Å². The monoisotopic (exact) mass is 317 g/mol. The predicted octanol–water partition coefficient (Wildman–Crippen LogP) is 0.0870. The van der Waals surface area contributed by atoms with Crippen LogP contribution in [0.2, 0.25) is 0 Å². The van der Waals surface area contributed by atoms with Crippen molar-refractivity contribution in [3.05, 3.63) is 18.0 Å². The molecule has 0 aromatic carbocycles. The summed E-state index contributed by atoms with van der Waals surface area (Å²) in [6.45, 7) is 4.81. The first kappa shape index (κ1) is 19.4. The Labute approximate surface area is 131 Å². The maximum atomic E-state index is 12.5. The number of hydrogen-bond donors (Lipinski definition) is 2. The van der Waals surface area contributed by atoms with Crippen LogP contribution in [0.5, 0.6) is 0 Å². The standard InChI is InChI=1S/C13H23N5O2.ClH/c1-5-15-11(19)9-18(6-2)13(20)12(14-3)10-7-16-17(4)8-10;/h7-8,12,14H,5-6,9H2,1-4H3,(H,15,19);1H. The Hall–Kier alpha value is -1.60. The second-order valence-corrected chi connectivity index (χ2v) is 4.47. The molecule has 1 aromatic heterocycles. The average molecular weight is 318 g/mol. The van der Waals surface area contributed by atoms with Crippen molar-refractivity contribution in [3.63, 3.8) is 0 Å². The first-order valence-electron chi connectivity index (χ1n) is 6.74. The zero-order chi connectivity index (χ0) is 15.1. The summed E-state index contributed by atoms with van der Waals surface area (Å²) in [6, 6.07) is -0.488. The van der Waals surface area contributed by atoms with E-state index in [0.29, 0.717) is 13.1 Å². The van der Waals surface area contributed by atoms with Crippen LogP contribution in [0.1, 0.15) is 25.5 Å². The molecule has 0 fully saturated rings. The summed E-state index contributed by atoms with van der Waals surface area (Å²) in [6.07, 6.45) is 3.44. The molecule has 21 heavy (non-hydrogen) atoms. The van der Waals surface area contributed by atoms with Gasteiger partial charge in [-0.1, -0.05) is 0 Å². The Morgan fingerprint density at radius 1 is 1.43 bits per heavy atom. The van der Waals surface area contributed by atoms with Gasteiger partial charge in [-0.05, 0) is 20.9 Å². The minimum atomic E-state index is -0.488. The number of aryl methyl sites for hydroxylation is 1. The third-order valence-corrected chi connectivity index (χ3v) is 3.00. The molecular weight excluding hydrogens is 294 g/mol. The SMILES string of the molecule is CCNC(=O)CN(CC)C(=O)C(NC)c1cnn(C)c1.Cl. The van der Waals surface area contributed by atoms with E-state index in [1.165, 1.54) is 4.90 Å². The highest BCUT2D eigenvalue weighted by atomic mass is 35.5. The van der Waals surface area contributed by atoms with Gasteiger partial charge in [-0.2, -0.15) is 5.10 Å². The molecular formula is C13H24ClN5O2. The first-order chi connectivity index (χ1) is 9.53. The van der Waals surface area contributed by atoms with E-state index >= 15 is 0 Å². The van der Waals surface area contributed by atoms with Crippen molar-refractivity contribution in [1.82, 2.24) is 25.3 Å². The lowest BCUT2D eigenvalue weighted by molar-refractivity contribution is -0.137. The predicted molar refractivity (Wildman–Crippen MR) is 83.2 cm³/mol. The molecule has 0 saturated carbocycles. The van der Waals surface area contributed by atoms with Crippen LogP contribution in [-0.4, -0.2) is 53.2 Å². The molecule has 2 amide bonds. The number of aromatic nitrogens is 2. The number of hydrogen-bond acceptors (Lipinski definition) is 4. The van der Waals surface area contributed by atoms with Crippen molar-refractivity contribution in [2.75, 3.05) is 26.7 Å². The summed E-state index contributed by atoms with van der Waals surface area (Å²) in [5, 5.41) is 9.74. The number of likely N-dealkylation sites (N-methyl/N-ethyl adjacent to an activating group) is 3. The van der Waals surface area contributed by atoms with E-state index in [2.05, 4.69) is 15.7 Å². The molecule has 7 nitrogen and oxygen atoms in total. The lowest BCUT2D eigenvalue weighted by Gasteiger charge is -2.25. The third-order valence-electron chi connectivity index (χ3n) is 3.00. The van der Waals surface area contributed by atoms with Crippen LogP contribution < -0.4 is 10.6 Å². The van der Waals surface area contributed by atoms with Gasteiger partial charge in [0.1, 0.15) is 6.04 Å². The van der Waals surface area contributed by atoms with Crippen LogP contribution in [0.25, 0.3) is 0 Å². The van der Waals surface area contributed by atoms with Crippen molar-refractivity contribution in [1.29, 1.82) is 0 Å². The fourth-order valence-corrected chi connectivity index (χ4v) is 1.98. The largest absolute Gasteiger partial charge is 0.355 e. The normalized spacial score (nSPS) is 11.4. The van der Waals surface area contributed by atoms with Crippen molar-refractivity contribution in [3.8, 4) is 0 Å². The first-order valence-corrected chi connectivity index (χ1v) is 6.74. The Bertz CT molecular complexity index is 463. The average Bonchev–Trinajstić information content (AvgIpc) is 2.83. The Morgan fingerprint density at radius 2 is 2.10 bits per heavy atom. The van der Waals surface area contributed by atoms with Crippen LogP contribution >= 0.6 is 12.4 Å². The number of amides is 2. The molecule has 0 aliphatic heterocycles. The van der Waals surface area contributed by atoms with Gasteiger partial charge in [0.2, 0.25) is 11.8 Å². The number of rotatable bonds is 7. The number of carbonyl (C=O) groups is 2. The minimum absolute atomic E-state index is 0. The summed E-state index contributed by atoms with van der Waals surface area (Å²) in [5.74, 6) is -0.280. The third kappa shape index (κ3) is 5.35. The number of nitrogens with zero attached hydrogens (tertiary/aromatic N) is 3. The highest BCUT2D eigenvalue weighted by Gasteiger charge is 2.25. The van der Waals surface area contributed by atoms with Gasteiger partial charge in [-0.25, -0.2) is 0 Å². The molecule has 0 radical (unpaired) electrons. The van der Waals surface area contributed by atoms with Crippen LogP contribution in [0, 0.1) is 0 Å². The van der Waals surface area contributed by atoms with E-state index in [-0.39, 0.29) is 30.8 Å². The van der Waals surface area contributed by atoms with Gasteiger partial charge in [0.25, 0.3) is 0 Å². The lowest BCUT2D eigenvalue weighted by Crippen LogP contribution is -2.45. The van der Waals surface area contributed by atoms with E-state index in [4.69, 9.17) is 0 Å². The van der Waals surface area contributed by atoms with Crippen molar-refractivity contribution in [2.45, 2.75) is 19.9 Å². The maximum absolute atomic E-state index is 12.5. The molecule has 8 heteroatoms. The molecule has 120 valence electrons. The summed E-state index contributed by atoms with van der Waals surface area (Å²) in [5.41, 5.74) is 0.786.